The van der Waals surface area contributed by atoms with Crippen LogP contribution in [0.4, 0.5) is 5.69 Å². The van der Waals surface area contributed by atoms with E-state index >= 15 is 0 Å². The molecule has 0 saturated heterocycles. The van der Waals surface area contributed by atoms with Gasteiger partial charge < -0.3 is 0 Å². The number of allylic oxidation sites excluding steroid dienone is 2. The van der Waals surface area contributed by atoms with Crippen molar-refractivity contribution in [1.29, 1.82) is 0 Å². The van der Waals surface area contributed by atoms with Crippen molar-refractivity contribution in [2.75, 3.05) is 0 Å². The van der Waals surface area contributed by atoms with Crippen molar-refractivity contribution in [3.8, 4) is 0 Å². The van der Waals surface area contributed by atoms with Gasteiger partial charge in [0.1, 0.15) is 6.29 Å². The monoisotopic (exact) mass is 171 g/mol. The molecule has 0 aliphatic carbocycles. The van der Waals surface area contributed by atoms with Gasteiger partial charge in [-0.15, -0.1) is 0 Å². The fraction of sp³-hybridized carbons (Fsp3) is 0.0909. The molecule has 0 saturated carbocycles. The molecule has 0 bridgehead atoms. The molecule has 2 nitrogen and oxygen atoms in total. The highest BCUT2D eigenvalue weighted by Crippen LogP contribution is 2.17. The van der Waals surface area contributed by atoms with E-state index in [0.717, 1.165) is 17.4 Å². The first kappa shape index (κ1) is 9.21. The summed E-state index contributed by atoms with van der Waals surface area (Å²) in [5, 5.41) is 0. The Bertz CT molecular complexity index is 368. The number of nitrogens with zero attached hydrogens (tertiary/aromatic N) is 1. The minimum atomic E-state index is 0.614. The van der Waals surface area contributed by atoms with Gasteiger partial charge in [0.05, 0.1) is 6.57 Å². The van der Waals surface area contributed by atoms with E-state index in [1.165, 1.54) is 6.08 Å². The smallest absolute Gasteiger partial charge is 0.187 e. The molecule has 0 aromatic heterocycles. The highest BCUT2D eigenvalue weighted by atomic mass is 16.1. The fourth-order valence-electron chi connectivity index (χ4n) is 0.997. The molecule has 0 aliphatic heterocycles. The predicted octanol–water partition coefficient (Wildman–Crippen LogP) is 2.84. The van der Waals surface area contributed by atoms with Crippen LogP contribution >= 0.6 is 0 Å². The van der Waals surface area contributed by atoms with Gasteiger partial charge >= 0.3 is 0 Å². The summed E-state index contributed by atoms with van der Waals surface area (Å²) in [6.45, 7) is 8.62. The largest absolute Gasteiger partial charge is 0.299 e. The zero-order valence-corrected chi connectivity index (χ0v) is 7.32. The summed E-state index contributed by atoms with van der Waals surface area (Å²) in [6.07, 6.45) is 2.27. The fourth-order valence-corrected chi connectivity index (χ4v) is 0.997. The van der Waals surface area contributed by atoms with E-state index in [9.17, 15) is 4.79 Å². The van der Waals surface area contributed by atoms with E-state index in [1.54, 1.807) is 12.1 Å². The van der Waals surface area contributed by atoms with Gasteiger partial charge in [0.25, 0.3) is 0 Å². The number of benzene rings is 1. The van der Waals surface area contributed by atoms with Crippen molar-refractivity contribution < 1.29 is 4.79 Å². The van der Waals surface area contributed by atoms with Crippen molar-refractivity contribution in [1.82, 2.24) is 0 Å². The van der Waals surface area contributed by atoms with E-state index in [0.29, 0.717) is 5.69 Å². The van der Waals surface area contributed by atoms with Crippen molar-refractivity contribution in [3.05, 3.63) is 47.3 Å². The maximum atomic E-state index is 10.2. The lowest BCUT2D eigenvalue weighted by Gasteiger charge is -1.98. The van der Waals surface area contributed by atoms with Crippen molar-refractivity contribution in [3.63, 3.8) is 0 Å². The van der Waals surface area contributed by atoms with Crippen LogP contribution in [0.2, 0.25) is 0 Å². The molecule has 1 aromatic carbocycles. The Balaban J connectivity index is 3.00. The van der Waals surface area contributed by atoms with Gasteiger partial charge in [0, 0.05) is 0 Å². The normalized spacial score (nSPS) is 10.6. The molecule has 0 atom stereocenters. The standard InChI is InChI=1S/C11H9NO/c1-9(7-8-13)10-3-5-11(12-2)6-4-10/h3-8H,1H3. The minimum absolute atomic E-state index is 0.614. The van der Waals surface area contributed by atoms with Crippen molar-refractivity contribution >= 4 is 17.5 Å². The number of aldehydes is 1. The van der Waals surface area contributed by atoms with Crippen LogP contribution in [0.3, 0.4) is 0 Å². The van der Waals surface area contributed by atoms with E-state index in [-0.39, 0.29) is 0 Å². The SMILES string of the molecule is [C-]#[N+]c1ccc(C(C)=CC=O)cc1. The highest BCUT2D eigenvalue weighted by molar-refractivity contribution is 5.80. The Labute approximate surface area is 77.3 Å². The quantitative estimate of drug-likeness (QED) is 0.381. The third kappa shape index (κ3) is 2.28. The Kier molecular flexibility index (Phi) is 2.99. The minimum Gasteiger partial charge on any atom is -0.299 e. The molecule has 0 heterocycles. The first-order valence-electron chi connectivity index (χ1n) is 3.88. The summed E-state index contributed by atoms with van der Waals surface area (Å²) < 4.78 is 0. The van der Waals surface area contributed by atoms with Gasteiger partial charge in [-0.25, -0.2) is 4.85 Å². The Morgan fingerprint density at radius 1 is 1.38 bits per heavy atom. The molecule has 13 heavy (non-hydrogen) atoms. The zero-order chi connectivity index (χ0) is 9.68. The summed E-state index contributed by atoms with van der Waals surface area (Å²) in [5.41, 5.74) is 2.49. The lowest BCUT2D eigenvalue weighted by molar-refractivity contribution is -0.104. The molecule has 0 radical (unpaired) electrons. The Morgan fingerprint density at radius 2 is 2.00 bits per heavy atom. The van der Waals surface area contributed by atoms with Crippen molar-refractivity contribution in [2.24, 2.45) is 0 Å². The van der Waals surface area contributed by atoms with Crippen LogP contribution in [0.1, 0.15) is 12.5 Å². The predicted molar refractivity (Wildman–Crippen MR) is 52.4 cm³/mol. The molecule has 0 fully saturated rings. The van der Waals surface area contributed by atoms with Crippen LogP contribution in [0.25, 0.3) is 10.4 Å². The van der Waals surface area contributed by atoms with E-state index in [4.69, 9.17) is 6.57 Å². The van der Waals surface area contributed by atoms with E-state index in [2.05, 4.69) is 4.85 Å². The highest BCUT2D eigenvalue weighted by Gasteiger charge is 1.94. The molecule has 0 amide bonds. The number of carbonyl (C=O) groups is 1. The second kappa shape index (κ2) is 4.22. The molecule has 1 aromatic rings. The van der Waals surface area contributed by atoms with Crippen LogP contribution < -0.4 is 0 Å². The summed E-state index contributed by atoms with van der Waals surface area (Å²) >= 11 is 0. The van der Waals surface area contributed by atoms with Crippen molar-refractivity contribution in [2.45, 2.75) is 6.92 Å². The molecule has 0 aliphatic rings. The van der Waals surface area contributed by atoms with E-state index in [1.807, 2.05) is 19.1 Å². The van der Waals surface area contributed by atoms with Gasteiger partial charge in [0.15, 0.2) is 5.69 Å². The molecule has 0 spiro atoms. The summed E-state index contributed by atoms with van der Waals surface area (Å²) in [5.74, 6) is 0. The van der Waals surface area contributed by atoms with Crippen LogP contribution in [0, 0.1) is 6.57 Å². The average Bonchev–Trinajstić information content (AvgIpc) is 2.18. The molecule has 0 unspecified atom stereocenters. The topological polar surface area (TPSA) is 21.4 Å². The van der Waals surface area contributed by atoms with Crippen LogP contribution in [-0.2, 0) is 4.79 Å². The first-order chi connectivity index (χ1) is 6.27. The third-order valence-electron chi connectivity index (χ3n) is 1.77. The second-order valence-electron chi connectivity index (χ2n) is 2.64. The summed E-state index contributed by atoms with van der Waals surface area (Å²) in [7, 11) is 0. The maximum absolute atomic E-state index is 10.2. The van der Waals surface area contributed by atoms with Gasteiger partial charge in [0.2, 0.25) is 0 Å². The molecular formula is C11H9NO. The van der Waals surface area contributed by atoms with Crippen LogP contribution in [-0.4, -0.2) is 6.29 Å². The third-order valence-corrected chi connectivity index (χ3v) is 1.77. The molecule has 2 heteroatoms. The Morgan fingerprint density at radius 3 is 2.46 bits per heavy atom. The molecule has 64 valence electrons. The van der Waals surface area contributed by atoms with Crippen LogP contribution in [0.15, 0.2) is 30.3 Å². The molecule has 0 N–H and O–H groups in total. The van der Waals surface area contributed by atoms with Crippen LogP contribution in [0.5, 0.6) is 0 Å². The number of rotatable bonds is 2. The summed E-state index contributed by atoms with van der Waals surface area (Å²) in [4.78, 5) is 13.5. The lowest BCUT2D eigenvalue weighted by atomic mass is 10.1. The molecular weight excluding hydrogens is 162 g/mol. The number of hydrogen-bond acceptors (Lipinski definition) is 1. The van der Waals surface area contributed by atoms with Gasteiger partial charge in [-0.3, -0.25) is 4.79 Å². The second-order valence-corrected chi connectivity index (χ2v) is 2.64. The summed E-state index contributed by atoms with van der Waals surface area (Å²) in [6, 6.07) is 7.15. The molecule has 1 rings (SSSR count). The number of hydrogen-bond donors (Lipinski definition) is 0. The lowest BCUT2D eigenvalue weighted by Crippen LogP contribution is -1.78. The Hall–Kier alpha value is -1.88. The van der Waals surface area contributed by atoms with E-state index < -0.39 is 0 Å². The van der Waals surface area contributed by atoms with Gasteiger partial charge in [-0.2, -0.15) is 0 Å². The van der Waals surface area contributed by atoms with Gasteiger partial charge in [-0.05, 0) is 24.1 Å². The van der Waals surface area contributed by atoms with Gasteiger partial charge in [-0.1, -0.05) is 24.3 Å². The maximum Gasteiger partial charge on any atom is 0.187 e. The average molecular weight is 171 g/mol. The zero-order valence-electron chi connectivity index (χ0n) is 7.32. The first-order valence-corrected chi connectivity index (χ1v) is 3.88. The number of carbonyl (C=O) groups excluding carboxylic acids is 1.